The Hall–Kier alpha value is -1.34. The second-order valence-corrected chi connectivity index (χ2v) is 8.40. The number of primary amides is 1. The number of carbonyl (C=O) groups is 1. The van der Waals surface area contributed by atoms with Crippen LogP contribution >= 0.6 is 0 Å². The minimum Gasteiger partial charge on any atom is -0.376 e. The van der Waals surface area contributed by atoms with Gasteiger partial charge < -0.3 is 26.0 Å². The first-order valence-electron chi connectivity index (χ1n) is 11.8. The maximum absolute atomic E-state index is 11.2. The summed E-state index contributed by atoms with van der Waals surface area (Å²) < 4.78 is 6.04. The molecule has 1 saturated heterocycles. The molecule has 168 valence electrons. The van der Waals surface area contributed by atoms with Gasteiger partial charge in [-0.15, -0.1) is 0 Å². The number of ether oxygens (including phenoxy) is 1. The van der Waals surface area contributed by atoms with Crippen LogP contribution in [0.1, 0.15) is 71.1 Å². The summed E-state index contributed by atoms with van der Waals surface area (Å²) >= 11 is 0. The Labute approximate surface area is 177 Å². The van der Waals surface area contributed by atoms with Crippen molar-refractivity contribution >= 4 is 11.9 Å². The van der Waals surface area contributed by atoms with Gasteiger partial charge in [0.25, 0.3) is 0 Å². The third-order valence-electron chi connectivity index (χ3n) is 6.04. The highest BCUT2D eigenvalue weighted by atomic mass is 16.5. The van der Waals surface area contributed by atoms with Crippen LogP contribution in [0.15, 0.2) is 4.99 Å². The van der Waals surface area contributed by atoms with Crippen LogP contribution in [-0.2, 0) is 9.53 Å². The van der Waals surface area contributed by atoms with Crippen molar-refractivity contribution in [3.63, 3.8) is 0 Å². The van der Waals surface area contributed by atoms with E-state index in [1.54, 1.807) is 0 Å². The van der Waals surface area contributed by atoms with E-state index in [0.29, 0.717) is 6.10 Å². The monoisotopic (exact) mass is 409 g/mol. The maximum atomic E-state index is 11.2. The number of amides is 1. The van der Waals surface area contributed by atoms with Crippen LogP contribution in [0, 0.1) is 5.92 Å². The molecule has 0 aromatic heterocycles. The van der Waals surface area contributed by atoms with E-state index in [1.165, 1.54) is 38.5 Å². The molecule has 1 aliphatic heterocycles. The third-order valence-corrected chi connectivity index (χ3v) is 6.04. The van der Waals surface area contributed by atoms with Gasteiger partial charge in [-0.2, -0.15) is 0 Å². The van der Waals surface area contributed by atoms with E-state index in [0.717, 1.165) is 77.5 Å². The number of piperidine rings is 1. The molecule has 1 saturated carbocycles. The van der Waals surface area contributed by atoms with Crippen LogP contribution in [0.2, 0.25) is 0 Å². The Bertz CT molecular complexity index is 470. The summed E-state index contributed by atoms with van der Waals surface area (Å²) in [5.41, 5.74) is 5.40. The Balaban J connectivity index is 1.54. The molecule has 0 unspecified atom stereocenters. The van der Waals surface area contributed by atoms with Gasteiger partial charge in [-0.3, -0.25) is 9.79 Å². The van der Waals surface area contributed by atoms with Crippen molar-refractivity contribution in [1.82, 2.24) is 15.5 Å². The van der Waals surface area contributed by atoms with Gasteiger partial charge in [-0.05, 0) is 65.1 Å². The van der Waals surface area contributed by atoms with Crippen molar-refractivity contribution in [3.05, 3.63) is 0 Å². The predicted molar refractivity (Wildman–Crippen MR) is 119 cm³/mol. The summed E-state index contributed by atoms with van der Waals surface area (Å²) in [7, 11) is 0. The number of carbonyl (C=O) groups excluding carboxylic acids is 1. The second kappa shape index (κ2) is 14.6. The Morgan fingerprint density at radius 2 is 1.79 bits per heavy atom. The van der Waals surface area contributed by atoms with E-state index in [-0.39, 0.29) is 11.8 Å². The molecule has 1 aliphatic carbocycles. The first-order chi connectivity index (χ1) is 14.2. The van der Waals surface area contributed by atoms with Crippen LogP contribution < -0.4 is 16.4 Å². The van der Waals surface area contributed by atoms with Crippen molar-refractivity contribution in [2.75, 3.05) is 45.9 Å². The lowest BCUT2D eigenvalue weighted by molar-refractivity contribution is -0.123. The van der Waals surface area contributed by atoms with Crippen molar-refractivity contribution in [3.8, 4) is 0 Å². The fourth-order valence-electron chi connectivity index (χ4n) is 4.22. The number of hydrogen-bond acceptors (Lipinski definition) is 4. The lowest BCUT2D eigenvalue weighted by Gasteiger charge is -2.30. The molecule has 0 radical (unpaired) electrons. The van der Waals surface area contributed by atoms with E-state index >= 15 is 0 Å². The average Bonchev–Trinajstić information content (AvgIpc) is 3.00. The maximum Gasteiger partial charge on any atom is 0.220 e. The van der Waals surface area contributed by atoms with Crippen LogP contribution in [-0.4, -0.2) is 68.7 Å². The van der Waals surface area contributed by atoms with Crippen molar-refractivity contribution in [2.24, 2.45) is 16.6 Å². The van der Waals surface area contributed by atoms with Crippen molar-refractivity contribution < 1.29 is 9.53 Å². The zero-order valence-corrected chi connectivity index (χ0v) is 18.5. The van der Waals surface area contributed by atoms with Gasteiger partial charge in [0.2, 0.25) is 5.91 Å². The standard InChI is InChI=1S/C22H43N5O2/c1-2-24-22(26-14-18-29-20-9-5-3-4-6-10-20)25-13-7-8-15-27-16-11-19(12-17-27)21(23)28/h19-20H,2-18H2,1H3,(H2,23,28)(H2,24,25,26). The second-order valence-electron chi connectivity index (χ2n) is 8.40. The van der Waals surface area contributed by atoms with Crippen LogP contribution in [0.3, 0.4) is 0 Å². The number of likely N-dealkylation sites (tertiary alicyclic amines) is 1. The SMILES string of the molecule is CCNC(=NCCCCN1CCC(C(N)=O)CC1)NCCOC1CCCCCC1. The van der Waals surface area contributed by atoms with E-state index in [2.05, 4.69) is 27.4 Å². The van der Waals surface area contributed by atoms with Gasteiger partial charge in [0, 0.05) is 25.6 Å². The average molecular weight is 410 g/mol. The number of guanidine groups is 1. The van der Waals surface area contributed by atoms with E-state index < -0.39 is 0 Å². The summed E-state index contributed by atoms with van der Waals surface area (Å²) in [4.78, 5) is 18.4. The Morgan fingerprint density at radius 3 is 2.45 bits per heavy atom. The summed E-state index contributed by atoms with van der Waals surface area (Å²) in [6.45, 7) is 8.40. The number of nitrogens with one attached hydrogen (secondary N) is 2. The van der Waals surface area contributed by atoms with Crippen LogP contribution in [0.25, 0.3) is 0 Å². The van der Waals surface area contributed by atoms with Crippen LogP contribution in [0.4, 0.5) is 0 Å². The normalized spacial score (nSPS) is 20.4. The molecule has 2 fully saturated rings. The summed E-state index contributed by atoms with van der Waals surface area (Å²) in [5, 5.41) is 6.71. The molecule has 2 aliphatic rings. The molecule has 29 heavy (non-hydrogen) atoms. The van der Waals surface area contributed by atoms with Gasteiger partial charge in [0.1, 0.15) is 0 Å². The molecular weight excluding hydrogens is 366 g/mol. The quantitative estimate of drug-likeness (QED) is 0.211. The van der Waals surface area contributed by atoms with E-state index in [1.807, 2.05) is 0 Å². The van der Waals surface area contributed by atoms with Gasteiger partial charge in [0.15, 0.2) is 5.96 Å². The molecular formula is C22H43N5O2. The summed E-state index contributed by atoms with van der Waals surface area (Å²) in [6.07, 6.45) is 12.3. The minimum absolute atomic E-state index is 0.0798. The summed E-state index contributed by atoms with van der Waals surface area (Å²) in [6, 6.07) is 0. The van der Waals surface area contributed by atoms with Gasteiger partial charge in [0.05, 0.1) is 12.7 Å². The zero-order chi connectivity index (χ0) is 20.7. The zero-order valence-electron chi connectivity index (χ0n) is 18.5. The first-order valence-corrected chi connectivity index (χ1v) is 11.8. The molecule has 0 aromatic carbocycles. The van der Waals surface area contributed by atoms with Gasteiger partial charge in [-0.25, -0.2) is 0 Å². The Morgan fingerprint density at radius 1 is 1.07 bits per heavy atom. The van der Waals surface area contributed by atoms with Gasteiger partial charge in [-0.1, -0.05) is 25.7 Å². The highest BCUT2D eigenvalue weighted by Gasteiger charge is 2.22. The number of nitrogens with two attached hydrogens (primary N) is 1. The van der Waals surface area contributed by atoms with E-state index in [4.69, 9.17) is 10.5 Å². The molecule has 2 rings (SSSR count). The number of rotatable bonds is 11. The smallest absolute Gasteiger partial charge is 0.220 e. The van der Waals surface area contributed by atoms with Crippen molar-refractivity contribution in [1.29, 1.82) is 0 Å². The molecule has 0 aromatic rings. The highest BCUT2D eigenvalue weighted by molar-refractivity contribution is 5.79. The number of unbranched alkanes of at least 4 members (excludes halogenated alkanes) is 1. The number of hydrogen-bond donors (Lipinski definition) is 3. The number of aliphatic imine (C=N–C) groups is 1. The fourth-order valence-corrected chi connectivity index (χ4v) is 4.22. The lowest BCUT2D eigenvalue weighted by atomic mass is 9.96. The predicted octanol–water partition coefficient (Wildman–Crippen LogP) is 2.26. The molecule has 1 heterocycles. The molecule has 0 spiro atoms. The molecule has 0 bridgehead atoms. The number of nitrogens with zero attached hydrogens (tertiary/aromatic N) is 2. The molecule has 7 heteroatoms. The largest absolute Gasteiger partial charge is 0.376 e. The highest BCUT2D eigenvalue weighted by Crippen LogP contribution is 2.19. The van der Waals surface area contributed by atoms with Crippen LogP contribution in [0.5, 0.6) is 0 Å². The lowest BCUT2D eigenvalue weighted by Crippen LogP contribution is -2.39. The topological polar surface area (TPSA) is 92.0 Å². The Kier molecular flexibility index (Phi) is 12.1. The fraction of sp³-hybridized carbons (Fsp3) is 0.909. The third kappa shape index (κ3) is 10.3. The minimum atomic E-state index is -0.137. The van der Waals surface area contributed by atoms with Crippen molar-refractivity contribution in [2.45, 2.75) is 77.2 Å². The summed E-state index contributed by atoms with van der Waals surface area (Å²) in [5.74, 6) is 0.831. The van der Waals surface area contributed by atoms with Gasteiger partial charge >= 0.3 is 0 Å². The first kappa shape index (κ1) is 23.9. The molecule has 4 N–H and O–H groups in total. The van der Waals surface area contributed by atoms with E-state index in [9.17, 15) is 4.79 Å². The molecule has 0 atom stereocenters. The molecule has 1 amide bonds. The molecule has 7 nitrogen and oxygen atoms in total.